The maximum absolute atomic E-state index is 2.47. The van der Waals surface area contributed by atoms with Crippen LogP contribution < -0.4 is 0 Å². The van der Waals surface area contributed by atoms with Gasteiger partial charge in [-0.1, -0.05) is 147 Å². The topological polar surface area (TPSA) is 0 Å². The minimum Gasteiger partial charge on any atom is -0.0620 e. The summed E-state index contributed by atoms with van der Waals surface area (Å²) in [4.78, 5) is 0. The molecule has 0 radical (unpaired) electrons. The molecular weight excluding hydrogens is 565 g/mol. The molecule has 0 aliphatic heterocycles. The smallest absolute Gasteiger partial charge is 0.0165 e. The van der Waals surface area contributed by atoms with E-state index in [0.29, 0.717) is 0 Å². The maximum atomic E-state index is 2.47. The van der Waals surface area contributed by atoms with Crippen LogP contribution in [-0.4, -0.2) is 0 Å². The summed E-state index contributed by atoms with van der Waals surface area (Å²) in [7, 11) is 0. The Kier molecular flexibility index (Phi) is 6.08. The van der Waals surface area contributed by atoms with Crippen LogP contribution in [0.15, 0.2) is 146 Å². The van der Waals surface area contributed by atoms with Crippen LogP contribution in [0, 0.1) is 13.8 Å². The minimum atomic E-state index is -0.0711. The van der Waals surface area contributed by atoms with Crippen LogP contribution in [0.25, 0.3) is 76.8 Å². The van der Waals surface area contributed by atoms with Crippen molar-refractivity contribution in [2.75, 3.05) is 0 Å². The Morgan fingerprint density at radius 2 is 0.894 bits per heavy atom. The van der Waals surface area contributed by atoms with Gasteiger partial charge in [-0.2, -0.15) is 0 Å². The molecule has 0 saturated carbocycles. The second kappa shape index (κ2) is 10.3. The summed E-state index contributed by atoms with van der Waals surface area (Å²) in [5.74, 6) is 0. The van der Waals surface area contributed by atoms with Crippen molar-refractivity contribution in [2.45, 2.75) is 33.1 Å². The zero-order valence-electron chi connectivity index (χ0n) is 27.4. The molecular formula is C47H36. The Labute approximate surface area is 277 Å². The van der Waals surface area contributed by atoms with E-state index in [9.17, 15) is 0 Å². The average Bonchev–Trinajstić information content (AvgIpc) is 3.33. The molecule has 9 rings (SSSR count). The maximum Gasteiger partial charge on any atom is 0.0165 e. The highest BCUT2D eigenvalue weighted by molar-refractivity contribution is 6.21. The van der Waals surface area contributed by atoms with Crippen molar-refractivity contribution in [3.63, 3.8) is 0 Å². The number of hydrogen-bond acceptors (Lipinski definition) is 0. The van der Waals surface area contributed by atoms with Gasteiger partial charge in [-0.3, -0.25) is 0 Å². The van der Waals surface area contributed by atoms with Crippen molar-refractivity contribution in [1.82, 2.24) is 0 Å². The van der Waals surface area contributed by atoms with Crippen LogP contribution in [0.2, 0.25) is 0 Å². The molecule has 0 fully saturated rings. The molecule has 0 spiro atoms. The lowest BCUT2D eigenvalue weighted by molar-refractivity contribution is 0.666. The summed E-state index contributed by atoms with van der Waals surface area (Å²) in [5, 5.41) is 7.81. The Bertz CT molecular complexity index is 2500. The van der Waals surface area contributed by atoms with Gasteiger partial charge in [-0.05, 0) is 125 Å². The molecule has 0 unspecified atom stereocenters. The van der Waals surface area contributed by atoms with Gasteiger partial charge in [0.05, 0.1) is 0 Å². The number of hydrogen-bond donors (Lipinski definition) is 0. The van der Waals surface area contributed by atoms with E-state index in [4.69, 9.17) is 0 Å². The van der Waals surface area contributed by atoms with Crippen LogP contribution in [-0.2, 0) is 5.41 Å². The molecule has 0 N–H and O–H groups in total. The molecule has 0 nitrogen and oxygen atoms in total. The lowest BCUT2D eigenvalue weighted by atomic mass is 9.79. The van der Waals surface area contributed by atoms with Gasteiger partial charge in [0, 0.05) is 5.41 Å². The largest absolute Gasteiger partial charge is 0.0620 e. The monoisotopic (exact) mass is 600 g/mol. The van der Waals surface area contributed by atoms with E-state index in [2.05, 4.69) is 173 Å². The first-order chi connectivity index (χ1) is 22.9. The Morgan fingerprint density at radius 3 is 1.53 bits per heavy atom. The van der Waals surface area contributed by atoms with Gasteiger partial charge in [-0.25, -0.2) is 0 Å². The molecule has 0 bridgehead atoms. The number of fused-ring (bicyclic) bond motifs is 7. The van der Waals surface area contributed by atoms with E-state index in [1.807, 2.05) is 0 Å². The van der Waals surface area contributed by atoms with Crippen molar-refractivity contribution < 1.29 is 0 Å². The average molecular weight is 601 g/mol. The number of aryl methyl sites for hydroxylation is 2. The van der Waals surface area contributed by atoms with E-state index < -0.39 is 0 Å². The highest BCUT2D eigenvalue weighted by atomic mass is 14.4. The van der Waals surface area contributed by atoms with Crippen molar-refractivity contribution >= 4 is 32.3 Å². The van der Waals surface area contributed by atoms with Gasteiger partial charge in [0.15, 0.2) is 0 Å². The van der Waals surface area contributed by atoms with Crippen LogP contribution in [0.1, 0.15) is 36.1 Å². The van der Waals surface area contributed by atoms with E-state index in [1.54, 1.807) is 0 Å². The summed E-state index contributed by atoms with van der Waals surface area (Å²) in [5.41, 5.74) is 15.8. The van der Waals surface area contributed by atoms with Gasteiger partial charge in [0.1, 0.15) is 0 Å². The van der Waals surface area contributed by atoms with E-state index >= 15 is 0 Å². The normalized spacial score (nSPS) is 13.3. The first-order valence-electron chi connectivity index (χ1n) is 16.7. The predicted molar refractivity (Wildman–Crippen MR) is 202 cm³/mol. The lowest BCUT2D eigenvalue weighted by Crippen LogP contribution is -2.15. The van der Waals surface area contributed by atoms with Gasteiger partial charge in [0.25, 0.3) is 0 Å². The Balaban J connectivity index is 1.31. The molecule has 224 valence electrons. The number of rotatable bonds is 3. The summed E-state index contributed by atoms with van der Waals surface area (Å²) in [6, 6.07) is 54.4. The SMILES string of the molecule is Cc1ccccc1-c1cc(-c2c3ccccc3c(-c3ccc4c(c3)-c3ccc5ccccc5c3C4(C)C)c3ccccc23)ccc1C. The third-order valence-electron chi connectivity index (χ3n) is 10.7. The molecule has 0 amide bonds. The summed E-state index contributed by atoms with van der Waals surface area (Å²) >= 11 is 0. The first-order valence-corrected chi connectivity index (χ1v) is 16.7. The van der Waals surface area contributed by atoms with E-state index in [-0.39, 0.29) is 5.41 Å². The second-order valence-electron chi connectivity index (χ2n) is 13.8. The molecule has 8 aromatic rings. The quantitative estimate of drug-likeness (QED) is 0.177. The predicted octanol–water partition coefficient (Wildman–Crippen LogP) is 13.1. The Morgan fingerprint density at radius 1 is 0.383 bits per heavy atom. The molecule has 47 heavy (non-hydrogen) atoms. The van der Waals surface area contributed by atoms with Crippen LogP contribution in [0.5, 0.6) is 0 Å². The number of benzene rings is 8. The van der Waals surface area contributed by atoms with Crippen LogP contribution >= 0.6 is 0 Å². The highest BCUT2D eigenvalue weighted by Crippen LogP contribution is 2.53. The molecule has 8 aromatic carbocycles. The summed E-state index contributed by atoms with van der Waals surface area (Å²) in [6.45, 7) is 9.20. The highest BCUT2D eigenvalue weighted by Gasteiger charge is 2.37. The molecule has 0 aromatic heterocycles. The second-order valence-corrected chi connectivity index (χ2v) is 13.8. The van der Waals surface area contributed by atoms with Crippen molar-refractivity contribution in [2.24, 2.45) is 0 Å². The van der Waals surface area contributed by atoms with Gasteiger partial charge in [-0.15, -0.1) is 0 Å². The standard InChI is InChI=1S/C47H36/c1-29-13-5-7-15-34(29)41-27-32(22-21-30(41)2)44-36-17-9-11-19-38(36)45(39-20-12-10-18-37(39)44)33-24-26-43-42(28-33)40-25-23-31-14-6-8-16-35(31)46(40)47(43,3)4/h5-28H,1-4H3. The molecule has 0 heterocycles. The zero-order chi connectivity index (χ0) is 31.9. The third kappa shape index (κ3) is 4.08. The molecule has 1 aliphatic rings. The molecule has 1 aliphatic carbocycles. The van der Waals surface area contributed by atoms with Crippen molar-refractivity contribution in [3.05, 3.63) is 168 Å². The fraction of sp³-hybridized carbons (Fsp3) is 0.106. The first kappa shape index (κ1) is 27.8. The lowest BCUT2D eigenvalue weighted by Gasteiger charge is -2.23. The third-order valence-corrected chi connectivity index (χ3v) is 10.7. The zero-order valence-corrected chi connectivity index (χ0v) is 27.4. The van der Waals surface area contributed by atoms with Crippen LogP contribution in [0.4, 0.5) is 0 Å². The molecule has 0 heteroatoms. The molecule has 0 saturated heterocycles. The van der Waals surface area contributed by atoms with Gasteiger partial charge in [0.2, 0.25) is 0 Å². The van der Waals surface area contributed by atoms with Crippen LogP contribution in [0.3, 0.4) is 0 Å². The fourth-order valence-corrected chi connectivity index (χ4v) is 8.46. The van der Waals surface area contributed by atoms with E-state index in [0.717, 1.165) is 0 Å². The molecule has 0 atom stereocenters. The van der Waals surface area contributed by atoms with Crippen molar-refractivity contribution in [1.29, 1.82) is 0 Å². The summed E-state index contributed by atoms with van der Waals surface area (Å²) < 4.78 is 0. The minimum absolute atomic E-state index is 0.0711. The Hall–Kier alpha value is -5.46. The summed E-state index contributed by atoms with van der Waals surface area (Å²) in [6.07, 6.45) is 0. The fourth-order valence-electron chi connectivity index (χ4n) is 8.46. The van der Waals surface area contributed by atoms with Gasteiger partial charge < -0.3 is 0 Å². The van der Waals surface area contributed by atoms with E-state index in [1.165, 1.54) is 99.1 Å². The van der Waals surface area contributed by atoms with Crippen molar-refractivity contribution in [3.8, 4) is 44.5 Å². The van der Waals surface area contributed by atoms with Gasteiger partial charge >= 0.3 is 0 Å².